The van der Waals surface area contributed by atoms with Crippen molar-refractivity contribution in [3.05, 3.63) is 110 Å². The lowest BCUT2D eigenvalue weighted by Crippen LogP contribution is -2.43. The van der Waals surface area contributed by atoms with Crippen molar-refractivity contribution in [1.29, 1.82) is 0 Å². The monoisotopic (exact) mass is 564 g/mol. The number of azide groups is 1. The standard InChI is InChI=1S/C27H25BrN4O5/c28-22-10-6-18(7-11-22)24-27(26(34)35,16-20-4-1-2-5-21(20)17-30-32-29)31-25(37-24)19-8-12-23(13-9-19)36-15-3-14-33/h1-2,4-13,24,33H,3,14-17H2,(H,34,35)/t24-,27-/m1/s1. The van der Waals surface area contributed by atoms with E-state index in [4.69, 9.17) is 25.1 Å². The number of aliphatic hydroxyl groups is 1. The Morgan fingerprint density at radius 2 is 1.81 bits per heavy atom. The number of aliphatic hydroxyl groups excluding tert-OH is 1. The van der Waals surface area contributed by atoms with Gasteiger partial charge in [0.25, 0.3) is 0 Å². The molecule has 1 heterocycles. The number of halogens is 1. The fraction of sp³-hybridized carbons (Fsp3) is 0.259. The summed E-state index contributed by atoms with van der Waals surface area (Å²) in [7, 11) is 0. The highest BCUT2D eigenvalue weighted by molar-refractivity contribution is 9.10. The van der Waals surface area contributed by atoms with Gasteiger partial charge < -0.3 is 19.7 Å². The molecule has 0 aliphatic carbocycles. The lowest BCUT2D eigenvalue weighted by atomic mass is 9.82. The van der Waals surface area contributed by atoms with Crippen LogP contribution in [0.2, 0.25) is 0 Å². The minimum atomic E-state index is -1.66. The van der Waals surface area contributed by atoms with Crippen LogP contribution in [-0.4, -0.2) is 40.8 Å². The van der Waals surface area contributed by atoms with E-state index in [1.807, 2.05) is 48.5 Å². The Kier molecular flexibility index (Phi) is 8.45. The molecule has 0 spiro atoms. The SMILES string of the molecule is [N-]=[N+]=NCc1ccccc1C[C@@]1(C(=O)O)N=C(c2ccc(OCCCO)cc2)O[C@@H]1c1ccc(Br)cc1. The summed E-state index contributed by atoms with van der Waals surface area (Å²) in [6.45, 7) is 0.528. The minimum absolute atomic E-state index is 0.0338. The van der Waals surface area contributed by atoms with Crippen LogP contribution in [0.25, 0.3) is 10.4 Å². The van der Waals surface area contributed by atoms with E-state index < -0.39 is 17.6 Å². The molecule has 190 valence electrons. The summed E-state index contributed by atoms with van der Waals surface area (Å²) in [4.78, 5) is 20.5. The maximum absolute atomic E-state index is 13.0. The highest BCUT2D eigenvalue weighted by atomic mass is 79.9. The molecular weight excluding hydrogens is 540 g/mol. The lowest BCUT2D eigenvalue weighted by Gasteiger charge is -2.28. The van der Waals surface area contributed by atoms with Crippen molar-refractivity contribution in [2.45, 2.75) is 31.0 Å². The van der Waals surface area contributed by atoms with Crippen LogP contribution >= 0.6 is 15.9 Å². The predicted octanol–water partition coefficient (Wildman–Crippen LogP) is 5.60. The number of carbonyl (C=O) groups is 1. The van der Waals surface area contributed by atoms with Crippen molar-refractivity contribution in [2.24, 2.45) is 10.1 Å². The molecule has 2 atom stereocenters. The Balaban J connectivity index is 1.75. The molecule has 0 fully saturated rings. The third-order valence-corrected chi connectivity index (χ3v) is 6.59. The lowest BCUT2D eigenvalue weighted by molar-refractivity contribution is -0.146. The molecule has 0 aromatic heterocycles. The summed E-state index contributed by atoms with van der Waals surface area (Å²) in [6.07, 6.45) is -0.345. The molecule has 2 N–H and O–H groups in total. The molecule has 0 amide bonds. The van der Waals surface area contributed by atoms with Gasteiger partial charge in [-0.15, -0.1) is 0 Å². The first-order chi connectivity index (χ1) is 18.0. The Labute approximate surface area is 222 Å². The molecule has 0 saturated carbocycles. The van der Waals surface area contributed by atoms with Gasteiger partial charge in [0.2, 0.25) is 11.4 Å². The van der Waals surface area contributed by atoms with Crippen LogP contribution in [0.1, 0.15) is 34.8 Å². The summed E-state index contributed by atoms with van der Waals surface area (Å²) < 4.78 is 12.7. The normalized spacial score (nSPS) is 18.4. The number of hydrogen-bond acceptors (Lipinski definition) is 6. The molecule has 4 rings (SSSR count). The number of hydrogen-bond donors (Lipinski definition) is 2. The molecule has 0 unspecified atom stereocenters. The molecule has 0 bridgehead atoms. The quantitative estimate of drug-likeness (QED) is 0.135. The largest absolute Gasteiger partial charge is 0.494 e. The van der Waals surface area contributed by atoms with Gasteiger partial charge in [0.15, 0.2) is 6.10 Å². The second-order valence-corrected chi connectivity index (χ2v) is 9.40. The number of nitrogens with zero attached hydrogens (tertiary/aromatic N) is 4. The second-order valence-electron chi connectivity index (χ2n) is 8.48. The third-order valence-electron chi connectivity index (χ3n) is 6.06. The molecular formula is C27H25BrN4O5. The zero-order valence-electron chi connectivity index (χ0n) is 19.8. The molecule has 9 nitrogen and oxygen atoms in total. The molecule has 1 aliphatic heterocycles. The first-order valence-corrected chi connectivity index (χ1v) is 12.4. The van der Waals surface area contributed by atoms with Gasteiger partial charge in [0, 0.05) is 34.4 Å². The van der Waals surface area contributed by atoms with Gasteiger partial charge in [-0.2, -0.15) is 0 Å². The second kappa shape index (κ2) is 11.9. The van der Waals surface area contributed by atoms with Crippen molar-refractivity contribution in [1.82, 2.24) is 0 Å². The number of ether oxygens (including phenoxy) is 2. The van der Waals surface area contributed by atoms with E-state index in [2.05, 4.69) is 26.0 Å². The number of benzene rings is 3. The van der Waals surface area contributed by atoms with Crippen molar-refractivity contribution >= 4 is 27.8 Å². The third kappa shape index (κ3) is 5.94. The van der Waals surface area contributed by atoms with Gasteiger partial charge in [-0.05, 0) is 58.6 Å². The van der Waals surface area contributed by atoms with Crippen LogP contribution in [0.3, 0.4) is 0 Å². The van der Waals surface area contributed by atoms with Gasteiger partial charge in [-0.3, -0.25) is 0 Å². The highest BCUT2D eigenvalue weighted by Crippen LogP contribution is 2.43. The predicted molar refractivity (Wildman–Crippen MR) is 142 cm³/mol. The topological polar surface area (TPSA) is 137 Å². The van der Waals surface area contributed by atoms with E-state index >= 15 is 0 Å². The van der Waals surface area contributed by atoms with Gasteiger partial charge in [0.1, 0.15) is 5.75 Å². The average Bonchev–Trinajstić information content (AvgIpc) is 3.30. The van der Waals surface area contributed by atoms with E-state index in [-0.39, 0.29) is 25.5 Å². The summed E-state index contributed by atoms with van der Waals surface area (Å²) >= 11 is 3.43. The van der Waals surface area contributed by atoms with Gasteiger partial charge in [0.05, 0.1) is 13.2 Å². The van der Waals surface area contributed by atoms with Crippen molar-refractivity contribution in [3.63, 3.8) is 0 Å². The number of carboxylic acid groups (broad SMARTS) is 1. The Hall–Kier alpha value is -3.85. The Morgan fingerprint density at radius 1 is 1.11 bits per heavy atom. The van der Waals surface area contributed by atoms with E-state index in [9.17, 15) is 9.90 Å². The van der Waals surface area contributed by atoms with Gasteiger partial charge in [-0.1, -0.05) is 57.4 Å². The van der Waals surface area contributed by atoms with Gasteiger partial charge >= 0.3 is 5.97 Å². The Morgan fingerprint density at radius 3 is 2.46 bits per heavy atom. The van der Waals surface area contributed by atoms with Crippen LogP contribution in [-0.2, 0) is 22.5 Å². The van der Waals surface area contributed by atoms with Crippen molar-refractivity contribution in [2.75, 3.05) is 13.2 Å². The number of carboxylic acids is 1. The van der Waals surface area contributed by atoms with Crippen molar-refractivity contribution in [3.8, 4) is 5.75 Å². The summed E-state index contributed by atoms with van der Waals surface area (Å²) in [5, 5.41) is 23.2. The van der Waals surface area contributed by atoms with E-state index in [1.54, 1.807) is 24.3 Å². The molecule has 3 aromatic carbocycles. The van der Waals surface area contributed by atoms with Crippen LogP contribution in [0.4, 0.5) is 0 Å². The van der Waals surface area contributed by atoms with Crippen LogP contribution in [0.5, 0.6) is 5.75 Å². The number of aliphatic carboxylic acids is 1. The molecule has 3 aromatic rings. The number of rotatable bonds is 11. The molecule has 37 heavy (non-hydrogen) atoms. The average molecular weight is 565 g/mol. The smallest absolute Gasteiger partial charge is 0.336 e. The molecule has 1 aliphatic rings. The maximum atomic E-state index is 13.0. The minimum Gasteiger partial charge on any atom is -0.494 e. The zero-order valence-corrected chi connectivity index (χ0v) is 21.4. The molecule has 10 heteroatoms. The zero-order chi connectivity index (χ0) is 26.3. The van der Waals surface area contributed by atoms with Crippen LogP contribution < -0.4 is 4.74 Å². The molecule has 0 saturated heterocycles. The summed E-state index contributed by atoms with van der Waals surface area (Å²) in [6, 6.07) is 21.6. The fourth-order valence-electron chi connectivity index (χ4n) is 4.19. The molecule has 0 radical (unpaired) electrons. The van der Waals surface area contributed by atoms with Crippen LogP contribution in [0.15, 0.2) is 87.4 Å². The summed E-state index contributed by atoms with van der Waals surface area (Å²) in [5.74, 6) is -0.292. The van der Waals surface area contributed by atoms with Crippen molar-refractivity contribution < 1.29 is 24.5 Å². The summed E-state index contributed by atoms with van der Waals surface area (Å²) in [5.41, 5.74) is 9.85. The van der Waals surface area contributed by atoms with E-state index in [1.165, 1.54) is 0 Å². The Bertz CT molecular complexity index is 1320. The van der Waals surface area contributed by atoms with Gasteiger partial charge in [-0.25, -0.2) is 9.79 Å². The number of aliphatic imine (C=N–C) groups is 1. The van der Waals surface area contributed by atoms with E-state index in [0.29, 0.717) is 35.5 Å². The fourth-order valence-corrected chi connectivity index (χ4v) is 4.45. The highest BCUT2D eigenvalue weighted by Gasteiger charge is 2.54. The van der Waals surface area contributed by atoms with E-state index in [0.717, 1.165) is 10.0 Å². The first kappa shape index (κ1) is 26.2. The maximum Gasteiger partial charge on any atom is 0.336 e. The van der Waals surface area contributed by atoms with Crippen LogP contribution in [0, 0.1) is 0 Å². The first-order valence-electron chi connectivity index (χ1n) is 11.6.